The summed E-state index contributed by atoms with van der Waals surface area (Å²) >= 11 is 0. The first-order chi connectivity index (χ1) is 13.2. The first kappa shape index (κ1) is 18.5. The molecule has 0 bridgehead atoms. The quantitative estimate of drug-likeness (QED) is 0.843. The Hall–Kier alpha value is -1.88. The lowest BCUT2D eigenvalue weighted by Crippen LogP contribution is -2.37. The molecule has 0 spiro atoms. The molecule has 146 valence electrons. The van der Waals surface area contributed by atoms with Gasteiger partial charge in [0.2, 0.25) is 5.91 Å². The van der Waals surface area contributed by atoms with Gasteiger partial charge in [0.25, 0.3) is 0 Å². The van der Waals surface area contributed by atoms with Crippen molar-refractivity contribution in [3.63, 3.8) is 0 Å². The molecule has 0 aromatic carbocycles. The number of hydrogen-bond donors (Lipinski definition) is 2. The van der Waals surface area contributed by atoms with Crippen LogP contribution < -0.4 is 5.32 Å². The number of piperidine rings is 1. The molecule has 0 radical (unpaired) electrons. The molecule has 4 rings (SSSR count). The predicted octanol–water partition coefficient (Wildman–Crippen LogP) is 3.83. The van der Waals surface area contributed by atoms with Crippen LogP contribution in [0.25, 0.3) is 10.9 Å². The van der Waals surface area contributed by atoms with Crippen LogP contribution >= 0.6 is 0 Å². The largest absolute Gasteiger partial charge is 0.360 e. The first-order valence-electron chi connectivity index (χ1n) is 10.6. The van der Waals surface area contributed by atoms with E-state index in [1.165, 1.54) is 62.7 Å². The molecule has 0 unspecified atom stereocenters. The fourth-order valence-corrected chi connectivity index (χ4v) is 5.05. The Kier molecular flexibility index (Phi) is 5.77. The Labute approximate surface area is 161 Å². The summed E-state index contributed by atoms with van der Waals surface area (Å²) in [4.78, 5) is 21.4. The number of hydrogen-bond acceptors (Lipinski definition) is 3. The number of likely N-dealkylation sites (tertiary alicyclic amines) is 1. The summed E-state index contributed by atoms with van der Waals surface area (Å²) in [6.45, 7) is 5.29. The molecule has 5 nitrogen and oxygen atoms in total. The number of carbonyl (C=O) groups excluding carboxylic acids is 1. The predicted molar refractivity (Wildman–Crippen MR) is 109 cm³/mol. The van der Waals surface area contributed by atoms with Gasteiger partial charge in [-0.25, -0.2) is 0 Å². The van der Waals surface area contributed by atoms with Gasteiger partial charge in [0.15, 0.2) is 0 Å². The number of rotatable bonds is 5. The monoisotopic (exact) mass is 368 g/mol. The molecule has 2 fully saturated rings. The Balaban J connectivity index is 1.21. The van der Waals surface area contributed by atoms with E-state index >= 15 is 0 Å². The van der Waals surface area contributed by atoms with Crippen LogP contribution in [0.1, 0.15) is 63.4 Å². The van der Waals surface area contributed by atoms with E-state index in [9.17, 15) is 4.79 Å². The summed E-state index contributed by atoms with van der Waals surface area (Å²) in [7, 11) is 0. The number of fused-ring (bicyclic) bond motifs is 1. The molecule has 1 aliphatic heterocycles. The molecule has 5 heteroatoms. The van der Waals surface area contributed by atoms with Crippen LogP contribution in [0, 0.1) is 5.92 Å². The number of nitrogens with one attached hydrogen (secondary N) is 2. The first-order valence-corrected chi connectivity index (χ1v) is 10.6. The summed E-state index contributed by atoms with van der Waals surface area (Å²) in [5.74, 6) is 1.63. The third-order valence-electron chi connectivity index (χ3n) is 6.65. The van der Waals surface area contributed by atoms with Gasteiger partial charge < -0.3 is 15.2 Å². The Morgan fingerprint density at radius 1 is 1.22 bits per heavy atom. The summed E-state index contributed by atoms with van der Waals surface area (Å²) in [5, 5.41) is 4.43. The van der Waals surface area contributed by atoms with Crippen molar-refractivity contribution in [2.75, 3.05) is 19.6 Å². The van der Waals surface area contributed by atoms with Crippen molar-refractivity contribution < 1.29 is 4.79 Å². The fraction of sp³-hybridized carbons (Fsp3) is 0.636. The van der Waals surface area contributed by atoms with Gasteiger partial charge in [-0.2, -0.15) is 0 Å². The maximum absolute atomic E-state index is 11.2. The smallest absolute Gasteiger partial charge is 0.217 e. The summed E-state index contributed by atoms with van der Waals surface area (Å²) in [6.07, 6.45) is 14.7. The van der Waals surface area contributed by atoms with Crippen molar-refractivity contribution in [2.24, 2.45) is 5.92 Å². The number of nitrogens with zero attached hydrogens (tertiary/aromatic N) is 2. The normalized spacial score (nSPS) is 24.9. The summed E-state index contributed by atoms with van der Waals surface area (Å²) in [6, 6.07) is 2.56. The highest BCUT2D eigenvalue weighted by Gasteiger charge is 2.25. The number of aromatic amines is 1. The number of carbonyl (C=O) groups is 1. The van der Waals surface area contributed by atoms with E-state index in [4.69, 9.17) is 0 Å². The number of pyridine rings is 1. The van der Waals surface area contributed by atoms with Gasteiger partial charge in [0.05, 0.1) is 11.7 Å². The lowest BCUT2D eigenvalue weighted by Gasteiger charge is -2.34. The maximum Gasteiger partial charge on any atom is 0.217 e. The number of H-pyrrole nitrogens is 1. The molecule has 2 aromatic heterocycles. The van der Waals surface area contributed by atoms with E-state index in [1.54, 1.807) is 6.92 Å². The molecule has 1 amide bonds. The number of amides is 1. The van der Waals surface area contributed by atoms with Crippen molar-refractivity contribution in [3.05, 3.63) is 30.2 Å². The van der Waals surface area contributed by atoms with Crippen LogP contribution in [0.4, 0.5) is 0 Å². The molecular formula is C22H32N4O. The Morgan fingerprint density at radius 2 is 2.00 bits per heavy atom. The van der Waals surface area contributed by atoms with E-state index in [-0.39, 0.29) is 5.91 Å². The van der Waals surface area contributed by atoms with E-state index in [0.29, 0.717) is 12.0 Å². The zero-order chi connectivity index (χ0) is 18.6. The lowest BCUT2D eigenvalue weighted by molar-refractivity contribution is -0.119. The lowest BCUT2D eigenvalue weighted by atomic mass is 9.83. The Morgan fingerprint density at radius 3 is 2.74 bits per heavy atom. The highest BCUT2D eigenvalue weighted by Crippen LogP contribution is 2.33. The standard InChI is InChI=1S/C22H32N4O/c1-16(27)25-19-4-2-17(3-5-19)7-11-26-12-8-18(9-13-26)21-14-24-22-15-23-10-6-20(21)22/h6,10,14-15,17-19,24H,2-5,7-9,11-13H2,1H3,(H,25,27). The third kappa shape index (κ3) is 4.52. The molecule has 27 heavy (non-hydrogen) atoms. The van der Waals surface area contributed by atoms with Crippen molar-refractivity contribution in [1.82, 2.24) is 20.2 Å². The molecule has 1 aliphatic carbocycles. The number of aromatic nitrogens is 2. The molecule has 2 aliphatic rings. The molecule has 0 atom stereocenters. The Bertz CT molecular complexity index is 755. The molecule has 2 N–H and O–H groups in total. The van der Waals surface area contributed by atoms with Crippen LogP contribution in [-0.2, 0) is 4.79 Å². The van der Waals surface area contributed by atoms with Crippen molar-refractivity contribution in [2.45, 2.75) is 63.8 Å². The second-order valence-corrected chi connectivity index (χ2v) is 8.49. The minimum atomic E-state index is 0.118. The van der Waals surface area contributed by atoms with Gasteiger partial charge >= 0.3 is 0 Å². The zero-order valence-corrected chi connectivity index (χ0v) is 16.4. The van der Waals surface area contributed by atoms with Crippen LogP contribution in [0.3, 0.4) is 0 Å². The van der Waals surface area contributed by atoms with E-state index in [1.807, 2.05) is 12.4 Å². The highest BCUT2D eigenvalue weighted by molar-refractivity contribution is 5.82. The minimum absolute atomic E-state index is 0.118. The van der Waals surface area contributed by atoms with Gasteiger partial charge in [-0.15, -0.1) is 0 Å². The van der Waals surface area contributed by atoms with Crippen LogP contribution in [-0.4, -0.2) is 46.5 Å². The van der Waals surface area contributed by atoms with Crippen LogP contribution in [0.5, 0.6) is 0 Å². The second kappa shape index (κ2) is 8.42. The summed E-state index contributed by atoms with van der Waals surface area (Å²) < 4.78 is 0. The van der Waals surface area contributed by atoms with Crippen molar-refractivity contribution in [1.29, 1.82) is 0 Å². The average molecular weight is 369 g/mol. The van der Waals surface area contributed by atoms with E-state index < -0.39 is 0 Å². The molecule has 1 saturated carbocycles. The zero-order valence-electron chi connectivity index (χ0n) is 16.4. The van der Waals surface area contributed by atoms with Gasteiger partial charge in [0.1, 0.15) is 0 Å². The maximum atomic E-state index is 11.2. The van der Waals surface area contributed by atoms with E-state index in [0.717, 1.165) is 24.3 Å². The fourth-order valence-electron chi connectivity index (χ4n) is 5.05. The molecular weight excluding hydrogens is 336 g/mol. The van der Waals surface area contributed by atoms with E-state index in [2.05, 4.69) is 32.4 Å². The van der Waals surface area contributed by atoms with Crippen molar-refractivity contribution in [3.8, 4) is 0 Å². The highest BCUT2D eigenvalue weighted by atomic mass is 16.1. The van der Waals surface area contributed by atoms with Gasteiger partial charge in [-0.05, 0) is 88.0 Å². The van der Waals surface area contributed by atoms with Gasteiger partial charge in [-0.1, -0.05) is 0 Å². The summed E-state index contributed by atoms with van der Waals surface area (Å²) in [5.41, 5.74) is 2.63. The SMILES string of the molecule is CC(=O)NC1CCC(CCN2CCC(c3c[nH]c4cnccc34)CC2)CC1. The van der Waals surface area contributed by atoms with Gasteiger partial charge in [-0.3, -0.25) is 9.78 Å². The van der Waals surface area contributed by atoms with Crippen LogP contribution in [0.15, 0.2) is 24.7 Å². The molecule has 3 heterocycles. The third-order valence-corrected chi connectivity index (χ3v) is 6.65. The molecule has 2 aromatic rings. The topological polar surface area (TPSA) is 61.0 Å². The second-order valence-electron chi connectivity index (χ2n) is 8.49. The van der Waals surface area contributed by atoms with Crippen molar-refractivity contribution >= 4 is 16.8 Å². The van der Waals surface area contributed by atoms with Gasteiger partial charge in [0, 0.05) is 30.7 Å². The minimum Gasteiger partial charge on any atom is -0.360 e. The molecule has 1 saturated heterocycles. The average Bonchev–Trinajstić information content (AvgIpc) is 3.12. The van der Waals surface area contributed by atoms with Crippen LogP contribution in [0.2, 0.25) is 0 Å².